The van der Waals surface area contributed by atoms with Gasteiger partial charge in [0.2, 0.25) is 0 Å². The predicted molar refractivity (Wildman–Crippen MR) is 84.5 cm³/mol. The second kappa shape index (κ2) is 7.43. The lowest BCUT2D eigenvalue weighted by Gasteiger charge is -2.14. The van der Waals surface area contributed by atoms with Gasteiger partial charge in [0.05, 0.1) is 0 Å². The zero-order valence-electron chi connectivity index (χ0n) is 12.2. The average Bonchev–Trinajstić information content (AvgIpc) is 2.44. The molecule has 0 amide bonds. The van der Waals surface area contributed by atoms with Crippen LogP contribution in [0.4, 0.5) is 4.39 Å². The van der Waals surface area contributed by atoms with Crippen molar-refractivity contribution in [1.82, 2.24) is 5.32 Å². The van der Waals surface area contributed by atoms with Crippen LogP contribution >= 0.6 is 11.6 Å². The normalized spacial score (nSPS) is 10.9. The van der Waals surface area contributed by atoms with Crippen LogP contribution in [-0.4, -0.2) is 6.54 Å². The number of rotatable bonds is 6. The fourth-order valence-electron chi connectivity index (χ4n) is 1.94. The van der Waals surface area contributed by atoms with Crippen LogP contribution in [0.15, 0.2) is 42.5 Å². The molecule has 0 aliphatic heterocycles. The van der Waals surface area contributed by atoms with Crippen LogP contribution in [0.5, 0.6) is 11.5 Å². The van der Waals surface area contributed by atoms with Crippen LogP contribution < -0.4 is 10.1 Å². The smallest absolute Gasteiger partial charge is 0.165 e. The number of ether oxygens (including phenoxy) is 1. The quantitative estimate of drug-likeness (QED) is 0.809. The molecule has 2 aromatic carbocycles. The molecular formula is C17H19ClFNO. The Morgan fingerprint density at radius 2 is 1.81 bits per heavy atom. The van der Waals surface area contributed by atoms with Gasteiger partial charge in [0.15, 0.2) is 11.6 Å². The van der Waals surface area contributed by atoms with Crippen molar-refractivity contribution in [2.45, 2.75) is 20.4 Å². The summed E-state index contributed by atoms with van der Waals surface area (Å²) < 4.78 is 19.4. The highest BCUT2D eigenvalue weighted by Gasteiger charge is 2.11. The summed E-state index contributed by atoms with van der Waals surface area (Å²) in [5, 5.41) is 3.94. The molecular weight excluding hydrogens is 289 g/mol. The standard InChI is InChI=1S/C17H19ClFNO/c1-12(2)10-20-11-13-14(18)6-5-9-16(13)21-17-8-4-3-7-15(17)19/h3-9,12,20H,10-11H2,1-2H3. The van der Waals surface area contributed by atoms with E-state index in [1.165, 1.54) is 6.07 Å². The van der Waals surface area contributed by atoms with Gasteiger partial charge < -0.3 is 10.1 Å². The predicted octanol–water partition coefficient (Wildman–Crippen LogP) is 5.02. The van der Waals surface area contributed by atoms with Gasteiger partial charge in [-0.05, 0) is 36.7 Å². The average molecular weight is 308 g/mol. The van der Waals surface area contributed by atoms with Gasteiger partial charge in [-0.25, -0.2) is 4.39 Å². The number of para-hydroxylation sites is 1. The van der Waals surface area contributed by atoms with Crippen molar-refractivity contribution in [2.24, 2.45) is 5.92 Å². The van der Waals surface area contributed by atoms with Crippen LogP contribution in [0.3, 0.4) is 0 Å². The first-order valence-electron chi connectivity index (χ1n) is 6.98. The van der Waals surface area contributed by atoms with Crippen molar-refractivity contribution in [2.75, 3.05) is 6.54 Å². The number of nitrogens with one attached hydrogen (secondary N) is 1. The van der Waals surface area contributed by atoms with E-state index in [1.54, 1.807) is 30.3 Å². The zero-order chi connectivity index (χ0) is 15.2. The van der Waals surface area contributed by atoms with Crippen LogP contribution in [0.2, 0.25) is 5.02 Å². The summed E-state index contributed by atoms with van der Waals surface area (Å²) in [4.78, 5) is 0. The third-order valence-corrected chi connectivity index (χ3v) is 3.34. The SMILES string of the molecule is CC(C)CNCc1c(Cl)cccc1Oc1ccccc1F. The molecule has 0 heterocycles. The van der Waals surface area contributed by atoms with Gasteiger partial charge in [0, 0.05) is 17.1 Å². The van der Waals surface area contributed by atoms with Crippen LogP contribution in [0.1, 0.15) is 19.4 Å². The number of halogens is 2. The van der Waals surface area contributed by atoms with Gasteiger partial charge in [-0.2, -0.15) is 0 Å². The molecule has 0 bridgehead atoms. The summed E-state index contributed by atoms with van der Waals surface area (Å²) in [6, 6.07) is 11.7. The maximum Gasteiger partial charge on any atom is 0.165 e. The second-order valence-electron chi connectivity index (χ2n) is 5.27. The second-order valence-corrected chi connectivity index (χ2v) is 5.68. The molecule has 112 valence electrons. The monoisotopic (exact) mass is 307 g/mol. The summed E-state index contributed by atoms with van der Waals surface area (Å²) in [5.74, 6) is 0.927. The number of hydrogen-bond acceptors (Lipinski definition) is 2. The van der Waals surface area contributed by atoms with E-state index in [2.05, 4.69) is 19.2 Å². The van der Waals surface area contributed by atoms with Gasteiger partial charge in [-0.3, -0.25) is 0 Å². The molecule has 4 heteroatoms. The maximum absolute atomic E-state index is 13.7. The third kappa shape index (κ3) is 4.45. The summed E-state index contributed by atoms with van der Waals surface area (Å²) in [7, 11) is 0. The summed E-state index contributed by atoms with van der Waals surface area (Å²) >= 11 is 6.24. The van der Waals surface area contributed by atoms with Crippen LogP contribution in [-0.2, 0) is 6.54 Å². The molecule has 0 radical (unpaired) electrons. The highest BCUT2D eigenvalue weighted by molar-refractivity contribution is 6.31. The molecule has 0 unspecified atom stereocenters. The molecule has 0 fully saturated rings. The Morgan fingerprint density at radius 3 is 2.52 bits per heavy atom. The Balaban J connectivity index is 2.19. The minimum Gasteiger partial charge on any atom is -0.454 e. The molecule has 2 rings (SSSR count). The summed E-state index contributed by atoms with van der Waals surface area (Å²) in [5.41, 5.74) is 0.836. The molecule has 0 atom stereocenters. The van der Waals surface area contributed by atoms with E-state index < -0.39 is 5.82 Å². The Bertz CT molecular complexity index is 601. The van der Waals surface area contributed by atoms with E-state index in [1.807, 2.05) is 6.07 Å². The third-order valence-electron chi connectivity index (χ3n) is 2.99. The highest BCUT2D eigenvalue weighted by atomic mass is 35.5. The van der Waals surface area contributed by atoms with Crippen LogP contribution in [0.25, 0.3) is 0 Å². The molecule has 0 aliphatic carbocycles. The highest BCUT2D eigenvalue weighted by Crippen LogP contribution is 2.31. The van der Waals surface area contributed by atoms with Gasteiger partial charge in [-0.1, -0.05) is 43.6 Å². The van der Waals surface area contributed by atoms with Gasteiger partial charge in [0.1, 0.15) is 5.75 Å². The molecule has 0 aromatic heterocycles. The Kier molecular flexibility index (Phi) is 5.59. The van der Waals surface area contributed by atoms with Crippen molar-refractivity contribution < 1.29 is 9.13 Å². The van der Waals surface area contributed by atoms with E-state index in [0.29, 0.717) is 23.2 Å². The largest absolute Gasteiger partial charge is 0.454 e. The van der Waals surface area contributed by atoms with E-state index in [-0.39, 0.29) is 5.75 Å². The maximum atomic E-state index is 13.7. The molecule has 0 saturated carbocycles. The van der Waals surface area contributed by atoms with E-state index in [4.69, 9.17) is 16.3 Å². The lowest BCUT2D eigenvalue weighted by atomic mass is 10.1. The zero-order valence-corrected chi connectivity index (χ0v) is 13.0. The molecule has 0 aliphatic rings. The minimum absolute atomic E-state index is 0.199. The minimum atomic E-state index is -0.390. The Hall–Kier alpha value is -1.58. The number of benzene rings is 2. The molecule has 0 saturated heterocycles. The van der Waals surface area contributed by atoms with Gasteiger partial charge >= 0.3 is 0 Å². The molecule has 21 heavy (non-hydrogen) atoms. The van der Waals surface area contributed by atoms with E-state index in [0.717, 1.165) is 12.1 Å². The van der Waals surface area contributed by atoms with Crippen molar-refractivity contribution in [3.8, 4) is 11.5 Å². The lowest BCUT2D eigenvalue weighted by Crippen LogP contribution is -2.19. The van der Waals surface area contributed by atoms with Gasteiger partial charge in [0.25, 0.3) is 0 Å². The number of hydrogen-bond donors (Lipinski definition) is 1. The first-order chi connectivity index (χ1) is 10.1. The molecule has 2 nitrogen and oxygen atoms in total. The van der Waals surface area contributed by atoms with Crippen molar-refractivity contribution >= 4 is 11.6 Å². The van der Waals surface area contributed by atoms with E-state index >= 15 is 0 Å². The molecule has 0 spiro atoms. The van der Waals surface area contributed by atoms with Gasteiger partial charge in [-0.15, -0.1) is 0 Å². The fraction of sp³-hybridized carbons (Fsp3) is 0.294. The first kappa shape index (κ1) is 15.8. The van der Waals surface area contributed by atoms with Crippen LogP contribution in [0, 0.1) is 11.7 Å². The molecule has 1 N–H and O–H groups in total. The van der Waals surface area contributed by atoms with Crippen molar-refractivity contribution in [3.63, 3.8) is 0 Å². The topological polar surface area (TPSA) is 21.3 Å². The summed E-state index contributed by atoms with van der Waals surface area (Å²) in [6.07, 6.45) is 0. The fourth-order valence-corrected chi connectivity index (χ4v) is 2.17. The Labute approximate surface area is 129 Å². The van der Waals surface area contributed by atoms with Crippen molar-refractivity contribution in [3.05, 3.63) is 58.9 Å². The van der Waals surface area contributed by atoms with E-state index in [9.17, 15) is 4.39 Å². The first-order valence-corrected chi connectivity index (χ1v) is 7.36. The lowest BCUT2D eigenvalue weighted by molar-refractivity contribution is 0.434. The van der Waals surface area contributed by atoms with Crippen molar-refractivity contribution in [1.29, 1.82) is 0 Å². The summed E-state index contributed by atoms with van der Waals surface area (Å²) in [6.45, 7) is 5.73. The molecule has 2 aromatic rings. The Morgan fingerprint density at radius 1 is 1.10 bits per heavy atom.